The molecule has 7 nitrogen and oxygen atoms in total. The van der Waals surface area contributed by atoms with Crippen LogP contribution in [0.4, 0.5) is 11.4 Å². The van der Waals surface area contributed by atoms with Crippen molar-refractivity contribution in [1.82, 2.24) is 0 Å². The van der Waals surface area contributed by atoms with Crippen LogP contribution in [0.15, 0.2) is 17.1 Å². The largest absolute Gasteiger partial charge is 0.489 e. The average Bonchev–Trinajstić information content (AvgIpc) is 2.52. The van der Waals surface area contributed by atoms with Crippen molar-refractivity contribution in [3.63, 3.8) is 0 Å². The van der Waals surface area contributed by atoms with E-state index in [0.29, 0.717) is 42.7 Å². The molecule has 2 N–H and O–H groups in total. The molecule has 3 rings (SSSR count). The van der Waals surface area contributed by atoms with Gasteiger partial charge in [-0.15, -0.1) is 0 Å². The lowest BCUT2D eigenvalue weighted by atomic mass is 10.1. The van der Waals surface area contributed by atoms with Crippen LogP contribution in [0.3, 0.4) is 0 Å². The number of esters is 1. The predicted octanol–water partition coefficient (Wildman–Crippen LogP) is 1.08. The summed E-state index contributed by atoms with van der Waals surface area (Å²) in [6.07, 6.45) is 0. The average molecular weight is 305 g/mol. The molecule has 1 fully saturated rings. The second kappa shape index (κ2) is 5.84. The Morgan fingerprint density at radius 2 is 2.27 bits per heavy atom. The maximum atomic E-state index is 12.0. The molecule has 2 aliphatic heterocycles. The summed E-state index contributed by atoms with van der Waals surface area (Å²) in [5, 5.41) is 0. The van der Waals surface area contributed by atoms with Gasteiger partial charge in [0.25, 0.3) is 0 Å². The molecule has 118 valence electrons. The summed E-state index contributed by atoms with van der Waals surface area (Å²) in [5.41, 5.74) is 7.35. The number of hydrogen-bond donors (Lipinski definition) is 1. The van der Waals surface area contributed by atoms with Crippen LogP contribution >= 0.6 is 0 Å². The first-order valence-corrected chi connectivity index (χ1v) is 7.14. The Morgan fingerprint density at radius 3 is 3.00 bits per heavy atom. The number of methoxy groups -OCH3 is 1. The molecule has 1 atom stereocenters. The minimum absolute atomic E-state index is 0.164. The third-order valence-corrected chi connectivity index (χ3v) is 3.75. The van der Waals surface area contributed by atoms with E-state index in [9.17, 15) is 4.79 Å². The molecule has 0 aromatic heterocycles. The van der Waals surface area contributed by atoms with Gasteiger partial charge in [0.15, 0.2) is 0 Å². The SMILES string of the molecule is COC(=O)c1cc2c(cc1N=C(C)N)OCC1COCCN21. The molecule has 1 aromatic rings. The molecule has 22 heavy (non-hydrogen) atoms. The van der Waals surface area contributed by atoms with E-state index in [-0.39, 0.29) is 6.04 Å². The van der Waals surface area contributed by atoms with Crippen molar-refractivity contribution in [2.24, 2.45) is 10.7 Å². The number of anilines is 1. The van der Waals surface area contributed by atoms with Gasteiger partial charge in [-0.05, 0) is 13.0 Å². The van der Waals surface area contributed by atoms with Gasteiger partial charge in [0.1, 0.15) is 12.4 Å². The molecule has 0 amide bonds. The number of carbonyl (C=O) groups is 1. The van der Waals surface area contributed by atoms with E-state index < -0.39 is 5.97 Å². The predicted molar refractivity (Wildman–Crippen MR) is 82.2 cm³/mol. The lowest BCUT2D eigenvalue weighted by molar-refractivity contribution is 0.0600. The zero-order valence-electron chi connectivity index (χ0n) is 12.7. The molecule has 0 spiro atoms. The van der Waals surface area contributed by atoms with Crippen LogP contribution in [-0.2, 0) is 9.47 Å². The Labute approximate surface area is 128 Å². The van der Waals surface area contributed by atoms with Gasteiger partial charge in [-0.1, -0.05) is 0 Å². The Balaban J connectivity index is 2.09. The smallest absolute Gasteiger partial charge is 0.340 e. The highest BCUT2D eigenvalue weighted by atomic mass is 16.5. The van der Waals surface area contributed by atoms with Crippen molar-refractivity contribution in [3.8, 4) is 5.75 Å². The van der Waals surface area contributed by atoms with Crippen LogP contribution in [0.25, 0.3) is 0 Å². The van der Waals surface area contributed by atoms with Crippen molar-refractivity contribution in [2.45, 2.75) is 13.0 Å². The van der Waals surface area contributed by atoms with E-state index in [0.717, 1.165) is 12.2 Å². The van der Waals surface area contributed by atoms with Crippen LogP contribution in [0.2, 0.25) is 0 Å². The number of nitrogens with zero attached hydrogens (tertiary/aromatic N) is 2. The van der Waals surface area contributed by atoms with E-state index in [1.165, 1.54) is 7.11 Å². The van der Waals surface area contributed by atoms with Crippen LogP contribution in [-0.4, -0.2) is 51.3 Å². The van der Waals surface area contributed by atoms with Crippen molar-refractivity contribution < 1.29 is 19.0 Å². The standard InChI is InChI=1S/C15H19N3O4/c1-9(16)17-12-6-14-13(5-11(12)15(19)20-2)18-3-4-21-7-10(18)8-22-14/h5-6,10H,3-4,7-8H2,1-2H3,(H2,16,17). The first kappa shape index (κ1) is 14.6. The van der Waals surface area contributed by atoms with E-state index in [1.807, 2.05) is 0 Å². The highest BCUT2D eigenvalue weighted by Gasteiger charge is 2.32. The fraction of sp³-hybridized carbons (Fsp3) is 0.467. The molecular weight excluding hydrogens is 286 g/mol. The number of rotatable bonds is 2. The first-order valence-electron chi connectivity index (χ1n) is 7.14. The van der Waals surface area contributed by atoms with Crippen LogP contribution in [0.1, 0.15) is 17.3 Å². The maximum absolute atomic E-state index is 12.0. The van der Waals surface area contributed by atoms with E-state index in [2.05, 4.69) is 9.89 Å². The third-order valence-electron chi connectivity index (χ3n) is 3.75. The number of carbonyl (C=O) groups excluding carboxylic acids is 1. The summed E-state index contributed by atoms with van der Waals surface area (Å²) >= 11 is 0. The fourth-order valence-corrected chi connectivity index (χ4v) is 2.75. The molecule has 0 bridgehead atoms. The van der Waals surface area contributed by atoms with Crippen LogP contribution in [0.5, 0.6) is 5.75 Å². The number of fused-ring (bicyclic) bond motifs is 3. The monoisotopic (exact) mass is 305 g/mol. The molecule has 7 heteroatoms. The van der Waals surface area contributed by atoms with E-state index in [1.54, 1.807) is 19.1 Å². The highest BCUT2D eigenvalue weighted by Crippen LogP contribution is 2.40. The molecule has 1 unspecified atom stereocenters. The summed E-state index contributed by atoms with van der Waals surface area (Å²) in [6.45, 7) is 4.26. The van der Waals surface area contributed by atoms with Gasteiger partial charge in [0, 0.05) is 12.6 Å². The summed E-state index contributed by atoms with van der Waals surface area (Å²) in [4.78, 5) is 18.5. The summed E-state index contributed by atoms with van der Waals surface area (Å²) < 4.78 is 16.1. The molecule has 2 heterocycles. The van der Waals surface area contributed by atoms with Gasteiger partial charge in [-0.25, -0.2) is 9.79 Å². The normalized spacial score (nSPS) is 20.7. The Hall–Kier alpha value is -2.28. The van der Waals surface area contributed by atoms with Gasteiger partial charge < -0.3 is 24.8 Å². The number of ether oxygens (including phenoxy) is 3. The minimum atomic E-state index is -0.446. The number of nitrogens with two attached hydrogens (primary N) is 1. The Morgan fingerprint density at radius 1 is 1.45 bits per heavy atom. The molecule has 0 radical (unpaired) electrons. The van der Waals surface area contributed by atoms with Gasteiger partial charge in [0.05, 0.1) is 49.1 Å². The van der Waals surface area contributed by atoms with Crippen LogP contribution < -0.4 is 15.4 Å². The molecule has 0 aliphatic carbocycles. The Bertz CT molecular complexity index is 625. The van der Waals surface area contributed by atoms with Crippen molar-refractivity contribution >= 4 is 23.2 Å². The molecule has 2 aliphatic rings. The Kier molecular flexibility index (Phi) is 3.89. The third kappa shape index (κ3) is 2.59. The van der Waals surface area contributed by atoms with Gasteiger partial charge >= 0.3 is 5.97 Å². The minimum Gasteiger partial charge on any atom is -0.489 e. The number of aliphatic imine (C=N–C) groups is 1. The maximum Gasteiger partial charge on any atom is 0.340 e. The van der Waals surface area contributed by atoms with E-state index >= 15 is 0 Å². The van der Waals surface area contributed by atoms with Crippen molar-refractivity contribution in [1.29, 1.82) is 0 Å². The second-order valence-corrected chi connectivity index (χ2v) is 5.31. The summed E-state index contributed by atoms with van der Waals surface area (Å²) in [5.74, 6) is 0.620. The fourth-order valence-electron chi connectivity index (χ4n) is 2.75. The zero-order chi connectivity index (χ0) is 15.7. The lowest BCUT2D eigenvalue weighted by Gasteiger charge is -2.41. The number of morpholine rings is 1. The summed E-state index contributed by atoms with van der Waals surface area (Å²) in [7, 11) is 1.35. The lowest BCUT2D eigenvalue weighted by Crippen LogP contribution is -2.51. The van der Waals surface area contributed by atoms with Gasteiger partial charge in [-0.3, -0.25) is 0 Å². The van der Waals surface area contributed by atoms with Crippen LogP contribution in [0, 0.1) is 0 Å². The first-order chi connectivity index (χ1) is 10.6. The van der Waals surface area contributed by atoms with Crippen molar-refractivity contribution in [3.05, 3.63) is 17.7 Å². The highest BCUT2D eigenvalue weighted by molar-refractivity contribution is 5.98. The van der Waals surface area contributed by atoms with Gasteiger partial charge in [0.2, 0.25) is 0 Å². The van der Waals surface area contributed by atoms with Crippen molar-refractivity contribution in [2.75, 3.05) is 38.4 Å². The molecule has 1 aromatic carbocycles. The molecular formula is C15H19N3O4. The second-order valence-electron chi connectivity index (χ2n) is 5.31. The topological polar surface area (TPSA) is 86.4 Å². The summed E-state index contributed by atoms with van der Waals surface area (Å²) in [6, 6.07) is 3.67. The van der Waals surface area contributed by atoms with E-state index in [4.69, 9.17) is 19.9 Å². The number of hydrogen-bond acceptors (Lipinski definition) is 6. The zero-order valence-corrected chi connectivity index (χ0v) is 12.7. The number of benzene rings is 1. The number of amidine groups is 1. The molecule has 1 saturated heterocycles. The molecule has 0 saturated carbocycles. The van der Waals surface area contributed by atoms with Gasteiger partial charge in [-0.2, -0.15) is 0 Å². The quantitative estimate of drug-likeness (QED) is 0.500.